The summed E-state index contributed by atoms with van der Waals surface area (Å²) in [4.78, 5) is 11.5. The van der Waals surface area contributed by atoms with Crippen LogP contribution in [0.4, 0.5) is 23.7 Å². The van der Waals surface area contributed by atoms with Crippen LogP contribution in [-0.2, 0) is 10.3 Å². The molecule has 0 saturated heterocycles. The van der Waals surface area contributed by atoms with E-state index in [1.54, 1.807) is 0 Å². The van der Waals surface area contributed by atoms with Crippen molar-refractivity contribution in [1.82, 2.24) is 0 Å². The summed E-state index contributed by atoms with van der Waals surface area (Å²) in [5.74, 6) is 4.20. The standard InChI is InChI=1S/C14H8Cl2F3NO2/c15-8-1-2-11-9(6-8)13(14(17,18)19,22-12(21)20-11)4-3-7-5-10(7)16/h1-2,6-7,10H,5H2,(H,20,21)/t7-,10+,13+/m0/s1. The molecule has 0 bridgehead atoms. The minimum absolute atomic E-state index is 0.0366. The fraction of sp³-hybridized carbons (Fsp3) is 0.357. The quantitative estimate of drug-likeness (QED) is 0.560. The maximum absolute atomic E-state index is 13.7. The van der Waals surface area contributed by atoms with Gasteiger partial charge in [0, 0.05) is 21.9 Å². The van der Waals surface area contributed by atoms with Gasteiger partial charge in [-0.15, -0.1) is 11.6 Å². The fourth-order valence-corrected chi connectivity index (χ4v) is 2.56. The molecule has 2 aliphatic rings. The van der Waals surface area contributed by atoms with E-state index in [9.17, 15) is 18.0 Å². The summed E-state index contributed by atoms with van der Waals surface area (Å²) in [7, 11) is 0. The number of cyclic esters (lactones) is 1. The van der Waals surface area contributed by atoms with Crippen LogP contribution in [0.5, 0.6) is 0 Å². The number of fused-ring (bicyclic) bond motifs is 1. The molecule has 1 saturated carbocycles. The second kappa shape index (κ2) is 4.97. The lowest BCUT2D eigenvalue weighted by molar-refractivity contribution is -0.239. The van der Waals surface area contributed by atoms with Gasteiger partial charge < -0.3 is 4.74 Å². The van der Waals surface area contributed by atoms with Gasteiger partial charge in [0.15, 0.2) is 0 Å². The molecule has 3 nitrogen and oxygen atoms in total. The van der Waals surface area contributed by atoms with Gasteiger partial charge >= 0.3 is 12.3 Å². The van der Waals surface area contributed by atoms with E-state index in [2.05, 4.69) is 21.9 Å². The number of nitrogens with one attached hydrogen (secondary N) is 1. The summed E-state index contributed by atoms with van der Waals surface area (Å²) in [6, 6.07) is 3.74. The monoisotopic (exact) mass is 349 g/mol. The Kier molecular flexibility index (Phi) is 3.46. The molecule has 3 rings (SSSR count). The van der Waals surface area contributed by atoms with Gasteiger partial charge in [0.05, 0.1) is 5.69 Å². The van der Waals surface area contributed by atoms with Crippen LogP contribution in [-0.4, -0.2) is 17.6 Å². The SMILES string of the molecule is O=C1Nc2ccc(Cl)cc2[C@](C#C[C@H]2C[C@H]2Cl)(C(F)(F)F)O1. The van der Waals surface area contributed by atoms with E-state index < -0.39 is 17.9 Å². The van der Waals surface area contributed by atoms with Gasteiger partial charge in [-0.05, 0) is 30.5 Å². The second-order valence-corrected chi connectivity index (χ2v) is 6.01. The van der Waals surface area contributed by atoms with Gasteiger partial charge in [0.2, 0.25) is 0 Å². The van der Waals surface area contributed by atoms with E-state index in [4.69, 9.17) is 23.2 Å². The summed E-state index contributed by atoms with van der Waals surface area (Å²) in [5.41, 5.74) is -3.42. The van der Waals surface area contributed by atoms with E-state index >= 15 is 0 Å². The van der Waals surface area contributed by atoms with Crippen LogP contribution in [0.2, 0.25) is 5.02 Å². The second-order valence-electron chi connectivity index (χ2n) is 5.01. The molecule has 0 aromatic heterocycles. The first kappa shape index (κ1) is 15.3. The third kappa shape index (κ3) is 2.49. The van der Waals surface area contributed by atoms with Crippen molar-refractivity contribution < 1.29 is 22.7 Å². The number of halogens is 5. The maximum atomic E-state index is 13.7. The predicted octanol–water partition coefficient (Wildman–Crippen LogP) is 4.29. The molecule has 116 valence electrons. The Balaban J connectivity index is 2.18. The summed E-state index contributed by atoms with van der Waals surface area (Å²) in [5, 5.41) is 2.02. The van der Waals surface area contributed by atoms with E-state index in [1.807, 2.05) is 0 Å². The van der Waals surface area contributed by atoms with E-state index in [1.165, 1.54) is 12.1 Å². The van der Waals surface area contributed by atoms with Gasteiger partial charge in [-0.2, -0.15) is 13.2 Å². The van der Waals surface area contributed by atoms with Gasteiger partial charge in [-0.1, -0.05) is 17.5 Å². The van der Waals surface area contributed by atoms with Crippen molar-refractivity contribution in [1.29, 1.82) is 0 Å². The van der Waals surface area contributed by atoms with Gasteiger partial charge in [-0.25, -0.2) is 4.79 Å². The van der Waals surface area contributed by atoms with Crippen LogP contribution in [0.3, 0.4) is 0 Å². The van der Waals surface area contributed by atoms with Crippen LogP contribution in [0.25, 0.3) is 0 Å². The van der Waals surface area contributed by atoms with Crippen LogP contribution < -0.4 is 5.32 Å². The first-order valence-corrected chi connectivity index (χ1v) is 7.08. The Hall–Kier alpha value is -1.58. The minimum Gasteiger partial charge on any atom is -0.415 e. The average molecular weight is 350 g/mol. The van der Waals surface area contributed by atoms with Crippen molar-refractivity contribution in [3.05, 3.63) is 28.8 Å². The molecule has 0 spiro atoms. The van der Waals surface area contributed by atoms with Crippen LogP contribution in [0.1, 0.15) is 12.0 Å². The van der Waals surface area contributed by atoms with Crippen LogP contribution in [0, 0.1) is 17.8 Å². The average Bonchev–Trinajstić information content (AvgIpc) is 3.11. The molecule has 3 atom stereocenters. The van der Waals surface area contributed by atoms with Crippen molar-refractivity contribution in [3.8, 4) is 11.8 Å². The lowest BCUT2D eigenvalue weighted by atomic mass is 9.90. The number of carbonyl (C=O) groups is 1. The van der Waals surface area contributed by atoms with Crippen LogP contribution in [0.15, 0.2) is 18.2 Å². The number of ether oxygens (including phenoxy) is 1. The molecule has 0 unspecified atom stereocenters. The first-order valence-electron chi connectivity index (χ1n) is 6.26. The highest BCUT2D eigenvalue weighted by atomic mass is 35.5. The number of carbonyl (C=O) groups excluding carboxylic acids is 1. The Morgan fingerprint density at radius 2 is 2.09 bits per heavy atom. The molecule has 1 aliphatic carbocycles. The number of benzene rings is 1. The molecule has 1 aliphatic heterocycles. The summed E-state index contributed by atoms with van der Waals surface area (Å²) < 4.78 is 45.6. The van der Waals surface area contributed by atoms with Crippen molar-refractivity contribution >= 4 is 35.0 Å². The first-order chi connectivity index (χ1) is 10.2. The lowest BCUT2D eigenvalue weighted by Gasteiger charge is -2.35. The fourth-order valence-electron chi connectivity index (χ4n) is 2.13. The number of hydrogen-bond donors (Lipinski definition) is 1. The molecular formula is C14H8Cl2F3NO2. The van der Waals surface area contributed by atoms with Gasteiger partial charge in [-0.3, -0.25) is 5.32 Å². The molecule has 1 fully saturated rings. The van der Waals surface area contributed by atoms with Crippen molar-refractivity contribution in [3.63, 3.8) is 0 Å². The van der Waals surface area contributed by atoms with E-state index in [0.717, 1.165) is 6.07 Å². The molecule has 22 heavy (non-hydrogen) atoms. The normalized spacial score (nSPS) is 29.6. The molecule has 1 N–H and O–H groups in total. The number of rotatable bonds is 0. The topological polar surface area (TPSA) is 38.3 Å². The highest BCUT2D eigenvalue weighted by Gasteiger charge is 2.62. The predicted molar refractivity (Wildman–Crippen MR) is 74.8 cm³/mol. The third-order valence-corrected chi connectivity index (χ3v) is 4.11. The maximum Gasteiger partial charge on any atom is 0.445 e. The van der Waals surface area contributed by atoms with E-state index in [0.29, 0.717) is 6.42 Å². The Morgan fingerprint density at radius 1 is 1.41 bits per heavy atom. The Labute approximate surface area is 133 Å². The zero-order valence-corrected chi connectivity index (χ0v) is 12.3. The lowest BCUT2D eigenvalue weighted by Crippen LogP contribution is -2.49. The zero-order chi connectivity index (χ0) is 16.1. The Bertz CT molecular complexity index is 710. The molecular weight excluding hydrogens is 342 g/mol. The minimum atomic E-state index is -4.92. The number of amides is 1. The molecule has 0 radical (unpaired) electrons. The summed E-state index contributed by atoms with van der Waals surface area (Å²) in [6.07, 6.45) is -5.63. The van der Waals surface area contributed by atoms with E-state index in [-0.39, 0.29) is 27.6 Å². The van der Waals surface area contributed by atoms with Crippen molar-refractivity contribution in [2.45, 2.75) is 23.6 Å². The molecule has 8 heteroatoms. The van der Waals surface area contributed by atoms with Crippen molar-refractivity contribution in [2.75, 3.05) is 5.32 Å². The molecule has 1 aromatic carbocycles. The smallest absolute Gasteiger partial charge is 0.415 e. The highest BCUT2D eigenvalue weighted by Crippen LogP contribution is 2.48. The highest BCUT2D eigenvalue weighted by molar-refractivity contribution is 6.30. The summed E-state index contributed by atoms with van der Waals surface area (Å²) >= 11 is 11.5. The van der Waals surface area contributed by atoms with Crippen LogP contribution >= 0.6 is 23.2 Å². The van der Waals surface area contributed by atoms with Gasteiger partial charge in [0.1, 0.15) is 0 Å². The number of alkyl halides is 4. The number of anilines is 1. The van der Waals surface area contributed by atoms with Gasteiger partial charge in [0.25, 0.3) is 5.60 Å². The zero-order valence-electron chi connectivity index (χ0n) is 10.8. The number of hydrogen-bond acceptors (Lipinski definition) is 2. The third-order valence-electron chi connectivity index (χ3n) is 3.39. The molecule has 1 aromatic rings. The molecule has 1 amide bonds. The summed E-state index contributed by atoms with van der Waals surface area (Å²) in [6.45, 7) is 0. The largest absolute Gasteiger partial charge is 0.445 e. The Morgan fingerprint density at radius 3 is 2.68 bits per heavy atom. The molecule has 1 heterocycles. The van der Waals surface area contributed by atoms with Crippen molar-refractivity contribution in [2.24, 2.45) is 5.92 Å².